The van der Waals surface area contributed by atoms with Crippen molar-refractivity contribution in [3.05, 3.63) is 18.1 Å². The zero-order valence-corrected chi connectivity index (χ0v) is 12.1. The minimum absolute atomic E-state index is 0.464. The van der Waals surface area contributed by atoms with E-state index in [4.69, 9.17) is 4.74 Å². The van der Waals surface area contributed by atoms with Gasteiger partial charge in [-0.3, -0.25) is 4.98 Å². The molecule has 1 aliphatic heterocycles. The average Bonchev–Trinajstić information content (AvgIpc) is 2.46. The van der Waals surface area contributed by atoms with Gasteiger partial charge in [-0.05, 0) is 12.8 Å². The smallest absolute Gasteiger partial charge is 0.147 e. The number of nitrogens with one attached hydrogen (secondary N) is 1. The first-order valence-corrected chi connectivity index (χ1v) is 7.01. The average molecular weight is 264 g/mol. The number of aromatic nitrogens is 2. The van der Waals surface area contributed by atoms with Crippen molar-refractivity contribution in [2.45, 2.75) is 45.3 Å². The molecule has 0 amide bonds. The molecule has 0 aliphatic carbocycles. The van der Waals surface area contributed by atoms with Crippen LogP contribution in [0.25, 0.3) is 0 Å². The maximum Gasteiger partial charge on any atom is 0.147 e. The number of ether oxygens (including phenoxy) is 1. The molecule has 1 fully saturated rings. The van der Waals surface area contributed by atoms with E-state index in [1.807, 2.05) is 12.4 Å². The topological polar surface area (TPSA) is 50.3 Å². The van der Waals surface area contributed by atoms with Gasteiger partial charge in [0.25, 0.3) is 0 Å². The maximum absolute atomic E-state index is 5.39. The van der Waals surface area contributed by atoms with Crippen LogP contribution < -0.4 is 10.2 Å². The Balaban J connectivity index is 1.93. The van der Waals surface area contributed by atoms with Crippen LogP contribution in [0.2, 0.25) is 0 Å². The van der Waals surface area contributed by atoms with Gasteiger partial charge >= 0.3 is 0 Å². The third-order valence-electron chi connectivity index (χ3n) is 3.48. The van der Waals surface area contributed by atoms with E-state index < -0.39 is 0 Å². The monoisotopic (exact) mass is 264 g/mol. The fraction of sp³-hybridized carbons (Fsp3) is 0.714. The Kier molecular flexibility index (Phi) is 5.10. The fourth-order valence-corrected chi connectivity index (χ4v) is 2.19. The van der Waals surface area contributed by atoms with Crippen LogP contribution in [0.4, 0.5) is 5.82 Å². The number of rotatable bonds is 5. The predicted octanol–water partition coefficient (Wildman–Crippen LogP) is 1.59. The molecule has 5 nitrogen and oxygen atoms in total. The first kappa shape index (κ1) is 14.2. The van der Waals surface area contributed by atoms with Crippen LogP contribution in [0.5, 0.6) is 0 Å². The number of anilines is 1. The largest absolute Gasteiger partial charge is 0.381 e. The molecule has 0 bridgehead atoms. The lowest BCUT2D eigenvalue weighted by atomic mass is 10.1. The lowest BCUT2D eigenvalue weighted by molar-refractivity contribution is 0.0853. The molecular weight excluding hydrogens is 240 g/mol. The summed E-state index contributed by atoms with van der Waals surface area (Å²) in [5, 5.41) is 3.34. The number of hydrogen-bond acceptors (Lipinski definition) is 5. The van der Waals surface area contributed by atoms with Crippen molar-refractivity contribution in [3.63, 3.8) is 0 Å². The molecule has 106 valence electrons. The standard InChI is InChI=1S/C14H24N4O/c1-11(2)15-8-12-9-17-14(10-16-12)18(3)13-4-6-19-7-5-13/h9-11,13,15H,4-8H2,1-3H3. The highest BCUT2D eigenvalue weighted by Gasteiger charge is 2.19. The van der Waals surface area contributed by atoms with Crippen LogP contribution in [-0.4, -0.2) is 42.3 Å². The van der Waals surface area contributed by atoms with Gasteiger partial charge in [-0.1, -0.05) is 13.8 Å². The van der Waals surface area contributed by atoms with E-state index in [0.717, 1.165) is 44.1 Å². The molecule has 2 rings (SSSR count). The van der Waals surface area contributed by atoms with Crippen molar-refractivity contribution >= 4 is 5.82 Å². The van der Waals surface area contributed by atoms with Gasteiger partial charge in [0.2, 0.25) is 0 Å². The van der Waals surface area contributed by atoms with Crippen molar-refractivity contribution in [3.8, 4) is 0 Å². The predicted molar refractivity (Wildman–Crippen MR) is 76.3 cm³/mol. The van der Waals surface area contributed by atoms with Crippen LogP contribution in [0.3, 0.4) is 0 Å². The van der Waals surface area contributed by atoms with Crippen LogP contribution in [-0.2, 0) is 11.3 Å². The van der Waals surface area contributed by atoms with Gasteiger partial charge < -0.3 is 15.0 Å². The third-order valence-corrected chi connectivity index (χ3v) is 3.48. The van der Waals surface area contributed by atoms with E-state index in [2.05, 4.69) is 41.1 Å². The molecular formula is C14H24N4O. The van der Waals surface area contributed by atoms with E-state index in [1.54, 1.807) is 0 Å². The lowest BCUT2D eigenvalue weighted by Crippen LogP contribution is -2.37. The highest BCUT2D eigenvalue weighted by Crippen LogP contribution is 2.18. The zero-order valence-electron chi connectivity index (χ0n) is 12.1. The summed E-state index contributed by atoms with van der Waals surface area (Å²) >= 11 is 0. The second-order valence-corrected chi connectivity index (χ2v) is 5.36. The van der Waals surface area contributed by atoms with Crippen molar-refractivity contribution in [2.75, 3.05) is 25.2 Å². The molecule has 0 unspecified atom stereocenters. The van der Waals surface area contributed by atoms with E-state index in [9.17, 15) is 0 Å². The maximum atomic E-state index is 5.39. The van der Waals surface area contributed by atoms with Crippen molar-refractivity contribution < 1.29 is 4.74 Å². The Labute approximate surface area is 115 Å². The van der Waals surface area contributed by atoms with Crippen LogP contribution in [0.15, 0.2) is 12.4 Å². The fourth-order valence-electron chi connectivity index (χ4n) is 2.19. The van der Waals surface area contributed by atoms with Crippen molar-refractivity contribution in [2.24, 2.45) is 0 Å². The second-order valence-electron chi connectivity index (χ2n) is 5.36. The van der Waals surface area contributed by atoms with E-state index in [0.29, 0.717) is 12.1 Å². The highest BCUT2D eigenvalue weighted by molar-refractivity contribution is 5.36. The molecule has 1 aromatic rings. The first-order valence-electron chi connectivity index (χ1n) is 7.01. The van der Waals surface area contributed by atoms with Gasteiger partial charge in [0.15, 0.2) is 0 Å². The van der Waals surface area contributed by atoms with Crippen LogP contribution in [0, 0.1) is 0 Å². The van der Waals surface area contributed by atoms with Gasteiger partial charge in [-0.2, -0.15) is 0 Å². The molecule has 1 saturated heterocycles. The first-order chi connectivity index (χ1) is 9.16. The van der Waals surface area contributed by atoms with Crippen molar-refractivity contribution in [1.82, 2.24) is 15.3 Å². The molecule has 0 aromatic carbocycles. The number of hydrogen-bond donors (Lipinski definition) is 1. The SMILES string of the molecule is CC(C)NCc1cnc(N(C)C2CCOCC2)cn1. The summed E-state index contributed by atoms with van der Waals surface area (Å²) in [6.45, 7) is 6.71. The van der Waals surface area contributed by atoms with E-state index in [-0.39, 0.29) is 0 Å². The zero-order chi connectivity index (χ0) is 13.7. The Bertz CT molecular complexity index is 374. The van der Waals surface area contributed by atoms with Gasteiger partial charge in [0.1, 0.15) is 5.82 Å². The van der Waals surface area contributed by atoms with Gasteiger partial charge in [0.05, 0.1) is 18.1 Å². The van der Waals surface area contributed by atoms with Gasteiger partial charge in [-0.25, -0.2) is 4.98 Å². The number of nitrogens with zero attached hydrogens (tertiary/aromatic N) is 3. The Morgan fingerprint density at radius 1 is 1.32 bits per heavy atom. The van der Waals surface area contributed by atoms with Crippen LogP contribution in [0.1, 0.15) is 32.4 Å². The van der Waals surface area contributed by atoms with Gasteiger partial charge in [0, 0.05) is 38.9 Å². The molecule has 1 aromatic heterocycles. The molecule has 5 heteroatoms. The van der Waals surface area contributed by atoms with Crippen LogP contribution >= 0.6 is 0 Å². The quantitative estimate of drug-likeness (QED) is 0.875. The molecule has 0 spiro atoms. The van der Waals surface area contributed by atoms with Gasteiger partial charge in [-0.15, -0.1) is 0 Å². The van der Waals surface area contributed by atoms with Crippen molar-refractivity contribution in [1.29, 1.82) is 0 Å². The molecule has 2 heterocycles. The summed E-state index contributed by atoms with van der Waals surface area (Å²) in [4.78, 5) is 11.2. The minimum atomic E-state index is 0.464. The summed E-state index contributed by atoms with van der Waals surface area (Å²) in [5.41, 5.74) is 0.984. The van der Waals surface area contributed by atoms with E-state index >= 15 is 0 Å². The highest BCUT2D eigenvalue weighted by atomic mass is 16.5. The summed E-state index contributed by atoms with van der Waals surface area (Å²) in [7, 11) is 2.09. The second kappa shape index (κ2) is 6.82. The molecule has 0 radical (unpaired) electrons. The Hall–Kier alpha value is -1.20. The summed E-state index contributed by atoms with van der Waals surface area (Å²) in [5.74, 6) is 0.945. The summed E-state index contributed by atoms with van der Waals surface area (Å²) in [6.07, 6.45) is 5.86. The summed E-state index contributed by atoms with van der Waals surface area (Å²) in [6, 6.07) is 0.981. The minimum Gasteiger partial charge on any atom is -0.381 e. The van der Waals surface area contributed by atoms with E-state index in [1.165, 1.54) is 0 Å². The molecule has 0 atom stereocenters. The Morgan fingerprint density at radius 3 is 2.63 bits per heavy atom. The normalized spacial score (nSPS) is 16.8. The lowest BCUT2D eigenvalue weighted by Gasteiger charge is -2.31. The molecule has 1 N–H and O–H groups in total. The molecule has 0 saturated carbocycles. The molecule has 19 heavy (non-hydrogen) atoms. The molecule has 1 aliphatic rings. The Morgan fingerprint density at radius 2 is 2.05 bits per heavy atom. The third kappa shape index (κ3) is 4.14. The summed E-state index contributed by atoms with van der Waals surface area (Å²) < 4.78 is 5.39.